The van der Waals surface area contributed by atoms with Crippen molar-refractivity contribution in [1.29, 1.82) is 5.26 Å². The summed E-state index contributed by atoms with van der Waals surface area (Å²) in [7, 11) is 3.10. The third-order valence-corrected chi connectivity index (χ3v) is 5.03. The summed E-state index contributed by atoms with van der Waals surface area (Å²) in [5.41, 5.74) is -4.48. The highest BCUT2D eigenvalue weighted by Crippen LogP contribution is 2.37. The highest BCUT2D eigenvalue weighted by molar-refractivity contribution is 6.32. The van der Waals surface area contributed by atoms with Crippen LogP contribution in [0, 0.1) is 18.3 Å². The minimum Gasteiger partial charge on any atom is -0.492 e. The Morgan fingerprint density at radius 2 is 2.10 bits per heavy atom. The molecule has 2 N–H and O–H groups in total. The molecule has 210 valence electrons. The molecule has 4 aromatic rings. The average molecular weight is 587 g/mol. The van der Waals surface area contributed by atoms with Gasteiger partial charge in [0, 0.05) is 41.6 Å². The van der Waals surface area contributed by atoms with Gasteiger partial charge in [-0.2, -0.15) is 5.26 Å². The SMILES string of the molecule is [2H]/C(CN(C)C)=C(/[2H])C(=O)N([2H])c1c(OC([2H])([2H])C)c([2H])c2nc([2H])c(C#N)c(Nc3c([2H])c([2H])c(OC([2H])([2H])c4nc(C)c([2H])c([2H])c4[2H])c(Cl)c3[2H])c2c1[2H]. The second kappa shape index (κ2) is 13.6. The van der Waals surface area contributed by atoms with Crippen LogP contribution in [0.4, 0.5) is 17.1 Å². The van der Waals surface area contributed by atoms with Gasteiger partial charge in [-0.25, -0.2) is 0 Å². The number of aryl methyl sites for hydroxylation is 1. The maximum atomic E-state index is 13.4. The highest BCUT2D eigenvalue weighted by atomic mass is 35.5. The van der Waals surface area contributed by atoms with Crippen LogP contribution in [-0.2, 0) is 11.4 Å². The molecular weight excluding hydrogens is 540 g/mol. The molecule has 0 saturated heterocycles. The van der Waals surface area contributed by atoms with Crippen molar-refractivity contribution in [3.8, 4) is 17.6 Å². The molecule has 0 atom stereocenters. The molecule has 1 amide bonds. The Balaban J connectivity index is 2.02. The maximum Gasteiger partial charge on any atom is 0.248 e. The summed E-state index contributed by atoms with van der Waals surface area (Å²) in [6.07, 6.45) is -0.846. The lowest BCUT2D eigenvalue weighted by Gasteiger charge is -2.16. The summed E-state index contributed by atoms with van der Waals surface area (Å²) < 4.78 is 145. The Hall–Kier alpha value is -4.65. The number of benzene rings is 2. The Kier molecular flexibility index (Phi) is 4.92. The molecule has 9 nitrogen and oxygen atoms in total. The standard InChI is InChI=1S/C31H31ClN6O3/c1-5-40-29-16-26-24(15-27(29)37-30(39)10-7-13-38(3)4)31(21(17-33)18-34-26)36-22-11-12-28(25(32)14-22)41-19-23-9-6-8-20(2)35-23/h6-12,14-16,18H,5,13,19H2,1-4H3,(H,34,36)(H,37,39)/b10-7+/i5D2,6D,7D,8D,9D,10D,11D,12D,14D,15D,16D,18D,19D2/hD. The van der Waals surface area contributed by atoms with E-state index in [2.05, 4.69) is 15.3 Å². The molecule has 0 aliphatic heterocycles. The lowest BCUT2D eigenvalue weighted by Crippen LogP contribution is -2.13. The van der Waals surface area contributed by atoms with Crippen LogP contribution in [-0.4, -0.2) is 48.0 Å². The van der Waals surface area contributed by atoms with Gasteiger partial charge in [0.25, 0.3) is 0 Å². The van der Waals surface area contributed by atoms with Crippen molar-refractivity contribution in [2.75, 3.05) is 37.8 Å². The number of amides is 1. The lowest BCUT2D eigenvalue weighted by molar-refractivity contribution is -0.111. The third kappa shape index (κ3) is 7.72. The summed E-state index contributed by atoms with van der Waals surface area (Å²) in [4.78, 5) is 22.6. The van der Waals surface area contributed by atoms with E-state index in [0.717, 1.165) is 6.92 Å². The number of rotatable bonds is 11. The van der Waals surface area contributed by atoms with Crippen LogP contribution < -0.4 is 20.1 Å². The fourth-order valence-electron chi connectivity index (χ4n) is 3.07. The van der Waals surface area contributed by atoms with E-state index in [4.69, 9.17) is 43.0 Å². The van der Waals surface area contributed by atoms with E-state index >= 15 is 0 Å². The number of fused-ring (bicyclic) bond motifs is 1. The first-order valence-electron chi connectivity index (χ1n) is 19.5. The molecule has 0 fully saturated rings. The van der Waals surface area contributed by atoms with Crippen LogP contribution in [0.5, 0.6) is 11.5 Å². The van der Waals surface area contributed by atoms with Gasteiger partial charge >= 0.3 is 0 Å². The minimum atomic E-state index is -3.11. The fourth-order valence-corrected chi connectivity index (χ4v) is 3.25. The number of carbonyl (C=O) groups excluding carboxylic acids is 1. The van der Waals surface area contributed by atoms with Gasteiger partial charge in [0.15, 0.2) is 1.41 Å². The summed E-state index contributed by atoms with van der Waals surface area (Å²) in [5, 5.41) is 11.1. The monoisotopic (exact) mass is 586 g/mol. The molecule has 4 rings (SSSR count). The third-order valence-electron chi connectivity index (χ3n) is 4.77. The van der Waals surface area contributed by atoms with Crippen molar-refractivity contribution in [2.24, 2.45) is 0 Å². The number of carbonyl (C=O) groups is 1. The van der Waals surface area contributed by atoms with Crippen molar-refractivity contribution in [3.05, 3.63) is 88.6 Å². The second-order valence-electron chi connectivity index (χ2n) is 8.14. The van der Waals surface area contributed by atoms with Gasteiger partial charge in [-0.1, -0.05) is 23.7 Å². The van der Waals surface area contributed by atoms with Crippen LogP contribution >= 0.6 is 11.6 Å². The molecule has 0 radical (unpaired) electrons. The van der Waals surface area contributed by atoms with Crippen LogP contribution in [0.1, 0.15) is 44.4 Å². The molecule has 0 bridgehead atoms. The van der Waals surface area contributed by atoms with Gasteiger partial charge in [-0.3, -0.25) is 14.8 Å². The van der Waals surface area contributed by atoms with E-state index in [0.29, 0.717) is 0 Å². The predicted octanol–water partition coefficient (Wildman–Crippen LogP) is 6.24. The average Bonchev–Trinajstić information content (AvgIpc) is 3.11. The number of anilines is 3. The number of halogens is 1. The van der Waals surface area contributed by atoms with Gasteiger partial charge in [-0.05, 0) is 64.2 Å². The van der Waals surface area contributed by atoms with E-state index in [9.17, 15) is 10.1 Å². The molecule has 0 saturated carbocycles. The first kappa shape index (κ1) is 14.8. The van der Waals surface area contributed by atoms with Crippen molar-refractivity contribution in [1.82, 2.24) is 14.9 Å². The number of hydrogen-bond acceptors (Lipinski definition) is 8. The van der Waals surface area contributed by atoms with E-state index in [1.807, 2.05) is 0 Å². The summed E-state index contributed by atoms with van der Waals surface area (Å²) in [5.74, 6) is -3.30. The lowest BCUT2D eigenvalue weighted by atomic mass is 10.1. The first-order valence-corrected chi connectivity index (χ1v) is 12.0. The number of ether oxygens (including phenoxy) is 2. The number of nitrogens with one attached hydrogen (secondary N) is 2. The van der Waals surface area contributed by atoms with Gasteiger partial charge < -0.3 is 25.0 Å². The largest absolute Gasteiger partial charge is 0.492 e. The van der Waals surface area contributed by atoms with Gasteiger partial charge in [0.2, 0.25) is 5.91 Å². The first-order chi connectivity index (χ1) is 26.2. The molecule has 10 heteroatoms. The van der Waals surface area contributed by atoms with Gasteiger partial charge in [0.1, 0.15) is 24.1 Å². The van der Waals surface area contributed by atoms with Crippen molar-refractivity contribution in [2.45, 2.75) is 20.4 Å². The molecule has 2 aromatic carbocycles. The molecule has 0 unspecified atom stereocenters. The number of nitriles is 1. The molecule has 0 aliphatic carbocycles. The summed E-state index contributed by atoms with van der Waals surface area (Å²) in [6, 6.07) is -6.45. The number of hydrogen-bond donors (Lipinski definition) is 2. The highest BCUT2D eigenvalue weighted by Gasteiger charge is 2.16. The Labute approximate surface area is 266 Å². The van der Waals surface area contributed by atoms with Crippen LogP contribution in [0.25, 0.3) is 10.9 Å². The number of nitrogens with zero attached hydrogens (tertiary/aromatic N) is 4. The number of likely N-dealkylation sites (N-methyl/N-ethyl adjacent to an activating group) is 1. The minimum absolute atomic E-state index is 0.0809. The van der Waals surface area contributed by atoms with Crippen molar-refractivity contribution < 1.29 is 36.2 Å². The number of aromatic nitrogens is 2. The van der Waals surface area contributed by atoms with Crippen LogP contribution in [0.2, 0.25) is 6.43 Å². The molecular formula is C31H31ClN6O3. The quantitative estimate of drug-likeness (QED) is 0.199. The molecule has 0 spiro atoms. The Bertz CT molecular complexity index is 2390. The predicted molar refractivity (Wildman–Crippen MR) is 162 cm³/mol. The zero-order chi connectivity index (χ0) is 43.4. The zero-order valence-corrected chi connectivity index (χ0v) is 22.8. The smallest absolute Gasteiger partial charge is 0.248 e. The van der Waals surface area contributed by atoms with Crippen LogP contribution in [0.15, 0.2) is 66.6 Å². The maximum absolute atomic E-state index is 13.4. The topological polar surface area (TPSA) is 112 Å². The van der Waals surface area contributed by atoms with Crippen molar-refractivity contribution >= 4 is 45.5 Å². The van der Waals surface area contributed by atoms with E-state index in [1.165, 1.54) is 11.8 Å². The summed E-state index contributed by atoms with van der Waals surface area (Å²) >= 11 is 6.41. The second-order valence-corrected chi connectivity index (χ2v) is 8.52. The van der Waals surface area contributed by atoms with E-state index in [1.54, 1.807) is 20.2 Å². The van der Waals surface area contributed by atoms with Gasteiger partial charge in [0.05, 0.1) is 60.3 Å². The summed E-state index contributed by atoms with van der Waals surface area (Å²) in [6.45, 7) is -3.74. The van der Waals surface area contributed by atoms with Crippen LogP contribution in [0.3, 0.4) is 0 Å². The van der Waals surface area contributed by atoms with Crippen molar-refractivity contribution in [3.63, 3.8) is 0 Å². The zero-order valence-electron chi connectivity index (χ0n) is 38.0. The normalized spacial score (nSPS) is 17.8. The molecule has 41 heavy (non-hydrogen) atoms. The fraction of sp³-hybridized carbons (Fsp3) is 0.226. The number of pyridine rings is 2. The Morgan fingerprint density at radius 1 is 1.27 bits per heavy atom. The molecule has 2 aromatic heterocycles. The molecule has 0 aliphatic rings. The molecule has 2 heterocycles. The Morgan fingerprint density at radius 3 is 2.85 bits per heavy atom. The van der Waals surface area contributed by atoms with Gasteiger partial charge in [-0.15, -0.1) is 0 Å². The van der Waals surface area contributed by atoms with E-state index < -0.39 is 141 Å². The van der Waals surface area contributed by atoms with E-state index in [-0.39, 0.29) is 17.5 Å².